The summed E-state index contributed by atoms with van der Waals surface area (Å²) in [5.74, 6) is -0.272. The van der Waals surface area contributed by atoms with E-state index in [-0.39, 0.29) is 11.5 Å². The first-order valence-electron chi connectivity index (χ1n) is 6.79. The van der Waals surface area contributed by atoms with Gasteiger partial charge in [0.15, 0.2) is 0 Å². The summed E-state index contributed by atoms with van der Waals surface area (Å²) < 4.78 is 0. The Bertz CT molecular complexity index is 867. The molecule has 0 aliphatic rings. The summed E-state index contributed by atoms with van der Waals surface area (Å²) in [5.41, 5.74) is 6.04. The number of nitrogens with one attached hydrogen (secondary N) is 2. The minimum absolute atomic E-state index is 0.272. The van der Waals surface area contributed by atoms with E-state index in [1.165, 1.54) is 17.7 Å². The van der Waals surface area contributed by atoms with E-state index >= 15 is 0 Å². The average Bonchev–Trinajstić information content (AvgIpc) is 2.98. The second-order valence-electron chi connectivity index (χ2n) is 4.81. The fourth-order valence-corrected chi connectivity index (χ4v) is 3.04. The average molecular weight is 315 g/mol. The molecule has 3 rings (SSSR count). The van der Waals surface area contributed by atoms with Gasteiger partial charge in [0, 0.05) is 17.5 Å². The Morgan fingerprint density at radius 2 is 2.00 bits per heavy atom. The highest BCUT2D eigenvalue weighted by molar-refractivity contribution is 7.17. The Kier molecular flexibility index (Phi) is 3.99. The standard InChI is InChI=1S/C15H14N4O2S/c16-5-9-1-3-10(4-2-9)6-17-13(20)11-7-22-15-12(11)14(21)18-8-19-15/h1-4,7-8H,5-6,16H2,(H,17,20)(H,18,19,21)/p+1. The van der Waals surface area contributed by atoms with Gasteiger partial charge in [-0.15, -0.1) is 11.3 Å². The molecule has 0 saturated carbocycles. The third-order valence-corrected chi connectivity index (χ3v) is 4.27. The predicted octanol–water partition coefficient (Wildman–Crippen LogP) is 0.656. The molecular weight excluding hydrogens is 300 g/mol. The molecule has 112 valence electrons. The largest absolute Gasteiger partial charge is 0.354 e. The summed E-state index contributed by atoms with van der Waals surface area (Å²) in [6.07, 6.45) is 1.34. The molecule has 0 aliphatic heterocycles. The van der Waals surface area contributed by atoms with E-state index in [2.05, 4.69) is 21.0 Å². The van der Waals surface area contributed by atoms with Crippen LogP contribution < -0.4 is 16.6 Å². The maximum atomic E-state index is 12.3. The fourth-order valence-electron chi connectivity index (χ4n) is 2.15. The topological polar surface area (TPSA) is 102 Å². The number of hydrogen-bond donors (Lipinski definition) is 3. The van der Waals surface area contributed by atoms with Crippen LogP contribution in [0.4, 0.5) is 0 Å². The summed E-state index contributed by atoms with van der Waals surface area (Å²) >= 11 is 1.28. The molecule has 1 amide bonds. The van der Waals surface area contributed by atoms with E-state index in [0.717, 1.165) is 17.7 Å². The number of carbonyl (C=O) groups excluding carboxylic acids is 1. The van der Waals surface area contributed by atoms with Crippen molar-refractivity contribution in [2.75, 3.05) is 0 Å². The van der Waals surface area contributed by atoms with Crippen molar-refractivity contribution in [2.24, 2.45) is 0 Å². The number of nitrogens with zero attached hydrogens (tertiary/aromatic N) is 1. The molecule has 0 bridgehead atoms. The zero-order chi connectivity index (χ0) is 15.5. The van der Waals surface area contributed by atoms with Crippen molar-refractivity contribution in [1.29, 1.82) is 0 Å². The molecule has 2 aromatic heterocycles. The number of aromatic amines is 1. The molecular formula is C15H15N4O2S+. The highest BCUT2D eigenvalue weighted by Crippen LogP contribution is 2.20. The number of carbonyl (C=O) groups is 1. The molecule has 6 nitrogen and oxygen atoms in total. The van der Waals surface area contributed by atoms with E-state index in [1.54, 1.807) is 5.38 Å². The molecule has 0 aliphatic carbocycles. The van der Waals surface area contributed by atoms with E-state index in [4.69, 9.17) is 0 Å². The molecule has 0 spiro atoms. The minimum atomic E-state index is -0.295. The second-order valence-corrected chi connectivity index (χ2v) is 5.67. The molecule has 5 N–H and O–H groups in total. The molecule has 22 heavy (non-hydrogen) atoms. The van der Waals surface area contributed by atoms with E-state index in [9.17, 15) is 9.59 Å². The smallest absolute Gasteiger partial charge is 0.260 e. The molecule has 7 heteroatoms. The van der Waals surface area contributed by atoms with Gasteiger partial charge in [-0.05, 0) is 5.56 Å². The first-order valence-corrected chi connectivity index (χ1v) is 7.67. The number of fused-ring (bicyclic) bond motifs is 1. The molecule has 3 aromatic rings. The molecule has 0 saturated heterocycles. The van der Waals surface area contributed by atoms with Crippen LogP contribution in [0.15, 0.2) is 40.8 Å². The van der Waals surface area contributed by atoms with Gasteiger partial charge in [-0.3, -0.25) is 9.59 Å². The minimum Gasteiger partial charge on any atom is -0.354 e. The van der Waals surface area contributed by atoms with E-state index < -0.39 is 0 Å². The van der Waals surface area contributed by atoms with Gasteiger partial charge < -0.3 is 16.0 Å². The predicted molar refractivity (Wildman–Crippen MR) is 84.4 cm³/mol. The van der Waals surface area contributed by atoms with Gasteiger partial charge in [-0.1, -0.05) is 24.3 Å². The molecule has 0 fully saturated rings. The highest BCUT2D eigenvalue weighted by atomic mass is 32.1. The summed E-state index contributed by atoms with van der Waals surface area (Å²) in [5, 5.41) is 4.84. The third kappa shape index (κ3) is 2.76. The van der Waals surface area contributed by atoms with Gasteiger partial charge in [0.25, 0.3) is 11.5 Å². The van der Waals surface area contributed by atoms with Gasteiger partial charge in [-0.2, -0.15) is 0 Å². The van der Waals surface area contributed by atoms with Crippen molar-refractivity contribution in [3.8, 4) is 0 Å². The van der Waals surface area contributed by atoms with Gasteiger partial charge in [0.1, 0.15) is 4.83 Å². The number of hydrogen-bond acceptors (Lipinski definition) is 4. The van der Waals surface area contributed by atoms with Crippen molar-refractivity contribution in [3.05, 3.63) is 63.0 Å². The maximum absolute atomic E-state index is 12.3. The van der Waals surface area contributed by atoms with E-state index in [0.29, 0.717) is 22.3 Å². The monoisotopic (exact) mass is 315 g/mol. The van der Waals surface area contributed by atoms with Gasteiger partial charge >= 0.3 is 0 Å². The quantitative estimate of drug-likeness (QED) is 0.659. The zero-order valence-electron chi connectivity index (χ0n) is 11.8. The van der Waals surface area contributed by atoms with Crippen LogP contribution in [0.25, 0.3) is 10.2 Å². The molecule has 2 heterocycles. The second kappa shape index (κ2) is 6.08. The van der Waals surface area contributed by atoms with Crippen LogP contribution in [0.5, 0.6) is 0 Å². The lowest BCUT2D eigenvalue weighted by molar-refractivity contribution is -0.386. The zero-order valence-corrected chi connectivity index (χ0v) is 12.6. The van der Waals surface area contributed by atoms with Crippen LogP contribution in [0.1, 0.15) is 21.5 Å². The maximum Gasteiger partial charge on any atom is 0.260 e. The van der Waals surface area contributed by atoms with Crippen molar-refractivity contribution in [3.63, 3.8) is 0 Å². The highest BCUT2D eigenvalue weighted by Gasteiger charge is 2.15. The van der Waals surface area contributed by atoms with Crippen LogP contribution in [0.3, 0.4) is 0 Å². The Balaban J connectivity index is 1.77. The first-order chi connectivity index (χ1) is 10.7. The first kappa shape index (κ1) is 14.4. The molecule has 0 unspecified atom stereocenters. The van der Waals surface area contributed by atoms with Crippen molar-refractivity contribution in [1.82, 2.24) is 15.3 Å². The lowest BCUT2D eigenvalue weighted by Crippen LogP contribution is -2.47. The Labute approximate surface area is 130 Å². The summed E-state index contributed by atoms with van der Waals surface area (Å²) in [7, 11) is 0. The lowest BCUT2D eigenvalue weighted by Gasteiger charge is -2.05. The summed E-state index contributed by atoms with van der Waals surface area (Å²) in [6, 6.07) is 7.90. The van der Waals surface area contributed by atoms with Gasteiger partial charge in [-0.25, -0.2) is 4.98 Å². The van der Waals surface area contributed by atoms with Crippen LogP contribution in [-0.4, -0.2) is 15.9 Å². The SMILES string of the molecule is [NH3+]Cc1ccc(CNC(=O)c2csc3nc[nH]c(=O)c23)cc1. The van der Waals surface area contributed by atoms with E-state index in [1.807, 2.05) is 24.3 Å². The number of thiophene rings is 1. The Morgan fingerprint density at radius 1 is 1.27 bits per heavy atom. The van der Waals surface area contributed by atoms with Crippen molar-refractivity contribution < 1.29 is 10.5 Å². The number of rotatable bonds is 4. The van der Waals surface area contributed by atoms with Crippen molar-refractivity contribution in [2.45, 2.75) is 13.1 Å². The molecule has 0 radical (unpaired) electrons. The lowest BCUT2D eigenvalue weighted by atomic mass is 10.1. The summed E-state index contributed by atoms with van der Waals surface area (Å²) in [4.78, 5) is 31.2. The van der Waals surface area contributed by atoms with Gasteiger partial charge in [0.2, 0.25) is 0 Å². The van der Waals surface area contributed by atoms with Crippen LogP contribution >= 0.6 is 11.3 Å². The number of amides is 1. The van der Waals surface area contributed by atoms with Crippen LogP contribution in [-0.2, 0) is 13.1 Å². The Morgan fingerprint density at radius 3 is 2.73 bits per heavy atom. The Hall–Kier alpha value is -2.51. The number of aromatic nitrogens is 2. The fraction of sp³-hybridized carbons (Fsp3) is 0.133. The van der Waals surface area contributed by atoms with Gasteiger partial charge in [0.05, 0.1) is 23.8 Å². The normalized spacial score (nSPS) is 10.8. The molecule has 1 aromatic carbocycles. The number of quaternary nitrogens is 1. The third-order valence-electron chi connectivity index (χ3n) is 3.39. The number of H-pyrrole nitrogens is 1. The van der Waals surface area contributed by atoms with Crippen LogP contribution in [0.2, 0.25) is 0 Å². The number of benzene rings is 1. The molecule has 0 atom stereocenters. The van der Waals surface area contributed by atoms with Crippen LogP contribution in [0, 0.1) is 0 Å². The summed E-state index contributed by atoms with van der Waals surface area (Å²) in [6.45, 7) is 1.15. The van der Waals surface area contributed by atoms with Crippen molar-refractivity contribution >= 4 is 27.5 Å².